The Morgan fingerprint density at radius 2 is 1.79 bits per heavy atom. The monoisotopic (exact) mass is 353 g/mol. The van der Waals surface area contributed by atoms with E-state index in [0.29, 0.717) is 0 Å². The zero-order chi connectivity index (χ0) is 16.7. The van der Waals surface area contributed by atoms with Crippen molar-refractivity contribution >= 4 is 39.9 Å². The van der Waals surface area contributed by atoms with E-state index in [0.717, 1.165) is 21.6 Å². The maximum atomic E-state index is 5.95. The van der Waals surface area contributed by atoms with E-state index in [9.17, 15) is 0 Å². The zero-order valence-electron chi connectivity index (χ0n) is 13.5. The molecular weight excluding hydrogens is 338 g/mol. The fourth-order valence-electron chi connectivity index (χ4n) is 2.95. The van der Waals surface area contributed by atoms with Gasteiger partial charge in [-0.2, -0.15) is 0 Å². The minimum atomic E-state index is 0.758. The van der Waals surface area contributed by atoms with Gasteiger partial charge in [-0.1, -0.05) is 53.7 Å². The van der Waals surface area contributed by atoms with E-state index >= 15 is 0 Å². The highest BCUT2D eigenvalue weighted by Gasteiger charge is 2.13. The van der Waals surface area contributed by atoms with Crippen LogP contribution in [0.5, 0.6) is 0 Å². The fourth-order valence-corrected chi connectivity index (χ4v) is 3.98. The summed E-state index contributed by atoms with van der Waals surface area (Å²) in [6, 6.07) is 16.4. The molecule has 0 atom stereocenters. The number of aromatic nitrogens is 3. The molecule has 2 aromatic carbocycles. The summed E-state index contributed by atoms with van der Waals surface area (Å²) in [5, 5.41) is 11.7. The topological polar surface area (TPSA) is 30.2 Å². The Kier molecular flexibility index (Phi) is 3.94. The van der Waals surface area contributed by atoms with Crippen LogP contribution in [0.2, 0.25) is 5.02 Å². The van der Waals surface area contributed by atoms with Crippen LogP contribution in [0.15, 0.2) is 53.7 Å². The SMILES string of the molecule is Cc1cc2nnc(SCc3ccc(Cl)cc3)n2c2c(C)cccc12. The Bertz CT molecular complexity index is 1040. The van der Waals surface area contributed by atoms with Gasteiger partial charge in [0.25, 0.3) is 0 Å². The Morgan fingerprint density at radius 1 is 1.00 bits per heavy atom. The quantitative estimate of drug-likeness (QED) is 0.459. The molecule has 4 aromatic rings. The molecule has 0 radical (unpaired) electrons. The van der Waals surface area contributed by atoms with Gasteiger partial charge in [0.05, 0.1) is 5.52 Å². The van der Waals surface area contributed by atoms with E-state index < -0.39 is 0 Å². The van der Waals surface area contributed by atoms with Gasteiger partial charge < -0.3 is 0 Å². The number of thioether (sulfide) groups is 1. The molecule has 0 N–H and O–H groups in total. The summed E-state index contributed by atoms with van der Waals surface area (Å²) in [5.41, 5.74) is 5.76. The van der Waals surface area contributed by atoms with E-state index in [4.69, 9.17) is 11.6 Å². The third-order valence-electron chi connectivity index (χ3n) is 4.17. The van der Waals surface area contributed by atoms with Crippen molar-refractivity contribution in [1.29, 1.82) is 0 Å². The fraction of sp³-hybridized carbons (Fsp3) is 0.158. The molecule has 3 nitrogen and oxygen atoms in total. The van der Waals surface area contributed by atoms with Crippen LogP contribution in [0.1, 0.15) is 16.7 Å². The highest BCUT2D eigenvalue weighted by atomic mass is 35.5. The van der Waals surface area contributed by atoms with E-state index in [1.165, 1.54) is 27.6 Å². The maximum Gasteiger partial charge on any atom is 0.196 e. The minimum absolute atomic E-state index is 0.758. The normalized spacial score (nSPS) is 11.5. The molecule has 0 bridgehead atoms. The van der Waals surface area contributed by atoms with Crippen molar-refractivity contribution in [3.05, 3.63) is 70.2 Å². The average molecular weight is 354 g/mol. The summed E-state index contributed by atoms with van der Waals surface area (Å²) in [4.78, 5) is 0. The van der Waals surface area contributed by atoms with Crippen LogP contribution in [0.4, 0.5) is 0 Å². The third kappa shape index (κ3) is 2.66. The predicted molar refractivity (Wildman–Crippen MR) is 101 cm³/mol. The van der Waals surface area contributed by atoms with Crippen molar-refractivity contribution < 1.29 is 0 Å². The lowest BCUT2D eigenvalue weighted by Gasteiger charge is -2.10. The molecule has 0 aliphatic heterocycles. The van der Waals surface area contributed by atoms with E-state index in [-0.39, 0.29) is 0 Å². The minimum Gasteiger partial charge on any atom is -0.270 e. The largest absolute Gasteiger partial charge is 0.270 e. The second kappa shape index (κ2) is 6.11. The Morgan fingerprint density at radius 3 is 2.58 bits per heavy atom. The lowest BCUT2D eigenvalue weighted by atomic mass is 10.1. The van der Waals surface area contributed by atoms with Crippen LogP contribution in [0, 0.1) is 13.8 Å². The molecular formula is C19H16ClN3S. The van der Waals surface area contributed by atoms with Crippen molar-refractivity contribution in [3.63, 3.8) is 0 Å². The van der Waals surface area contributed by atoms with Gasteiger partial charge in [0, 0.05) is 16.2 Å². The number of halogens is 1. The molecule has 5 heteroatoms. The molecule has 0 amide bonds. The van der Waals surface area contributed by atoms with Crippen LogP contribution in [-0.4, -0.2) is 14.6 Å². The van der Waals surface area contributed by atoms with Crippen molar-refractivity contribution in [2.75, 3.05) is 0 Å². The first-order valence-corrected chi connectivity index (χ1v) is 9.11. The summed E-state index contributed by atoms with van der Waals surface area (Å²) >= 11 is 7.65. The van der Waals surface area contributed by atoms with Gasteiger partial charge in [-0.15, -0.1) is 10.2 Å². The Balaban J connectivity index is 1.80. The van der Waals surface area contributed by atoms with Gasteiger partial charge in [-0.25, -0.2) is 0 Å². The maximum absolute atomic E-state index is 5.95. The van der Waals surface area contributed by atoms with Gasteiger partial charge in [0.15, 0.2) is 10.8 Å². The first-order valence-electron chi connectivity index (χ1n) is 7.75. The van der Waals surface area contributed by atoms with Crippen LogP contribution >= 0.6 is 23.4 Å². The lowest BCUT2D eigenvalue weighted by molar-refractivity contribution is 0.938. The molecule has 0 spiro atoms. The van der Waals surface area contributed by atoms with Crippen molar-refractivity contribution in [2.45, 2.75) is 24.8 Å². The van der Waals surface area contributed by atoms with Crippen LogP contribution in [-0.2, 0) is 5.75 Å². The number of benzene rings is 2. The lowest BCUT2D eigenvalue weighted by Crippen LogP contribution is -1.95. The summed E-state index contributed by atoms with van der Waals surface area (Å²) < 4.78 is 2.16. The number of aryl methyl sites for hydroxylation is 2. The zero-order valence-corrected chi connectivity index (χ0v) is 15.0. The summed E-state index contributed by atoms with van der Waals surface area (Å²) in [5.74, 6) is 0.833. The van der Waals surface area contributed by atoms with E-state index in [1.54, 1.807) is 11.8 Å². The molecule has 4 rings (SSSR count). The molecule has 2 aromatic heterocycles. The van der Waals surface area contributed by atoms with Gasteiger partial charge in [0.1, 0.15) is 0 Å². The molecule has 0 saturated carbocycles. The standard InChI is InChI=1S/C19H16ClN3S/c1-12-4-3-5-16-13(2)10-17-21-22-19(23(17)18(12)16)24-11-14-6-8-15(20)9-7-14/h3-10H,11H2,1-2H3. The average Bonchev–Trinajstić information content (AvgIpc) is 2.97. The molecule has 0 aliphatic rings. The van der Waals surface area contributed by atoms with Crippen molar-refractivity contribution in [3.8, 4) is 0 Å². The molecule has 2 heterocycles. The molecule has 120 valence electrons. The number of nitrogens with zero attached hydrogens (tertiary/aromatic N) is 3. The molecule has 24 heavy (non-hydrogen) atoms. The van der Waals surface area contributed by atoms with E-state index in [1.807, 2.05) is 24.3 Å². The third-order valence-corrected chi connectivity index (χ3v) is 5.42. The molecule has 0 fully saturated rings. The van der Waals surface area contributed by atoms with Crippen LogP contribution in [0.3, 0.4) is 0 Å². The predicted octanol–water partition coefficient (Wildman–Crippen LogP) is 5.45. The van der Waals surface area contributed by atoms with Crippen molar-refractivity contribution in [1.82, 2.24) is 14.6 Å². The second-order valence-corrected chi connectivity index (χ2v) is 7.27. The van der Waals surface area contributed by atoms with Gasteiger partial charge in [-0.05, 0) is 48.7 Å². The number of para-hydroxylation sites is 1. The van der Waals surface area contributed by atoms with Crippen molar-refractivity contribution in [2.24, 2.45) is 0 Å². The summed E-state index contributed by atoms with van der Waals surface area (Å²) in [7, 11) is 0. The number of hydrogen-bond donors (Lipinski definition) is 0. The number of pyridine rings is 1. The summed E-state index contributed by atoms with van der Waals surface area (Å²) in [6.45, 7) is 4.26. The van der Waals surface area contributed by atoms with Gasteiger partial charge in [-0.3, -0.25) is 4.40 Å². The van der Waals surface area contributed by atoms with E-state index in [2.05, 4.69) is 52.7 Å². The first kappa shape index (κ1) is 15.5. The van der Waals surface area contributed by atoms with Gasteiger partial charge >= 0.3 is 0 Å². The number of rotatable bonds is 3. The molecule has 0 unspecified atom stereocenters. The second-order valence-electron chi connectivity index (χ2n) is 5.89. The first-order chi connectivity index (χ1) is 11.6. The Hall–Kier alpha value is -2.04. The number of fused-ring (bicyclic) bond motifs is 3. The van der Waals surface area contributed by atoms with Crippen LogP contribution in [0.25, 0.3) is 16.6 Å². The molecule has 0 saturated heterocycles. The Labute approximate surface area is 149 Å². The highest BCUT2D eigenvalue weighted by molar-refractivity contribution is 7.98. The van der Waals surface area contributed by atoms with Gasteiger partial charge in [0.2, 0.25) is 0 Å². The molecule has 0 aliphatic carbocycles. The highest BCUT2D eigenvalue weighted by Crippen LogP contribution is 2.29. The summed E-state index contributed by atoms with van der Waals surface area (Å²) in [6.07, 6.45) is 0. The van der Waals surface area contributed by atoms with Crippen LogP contribution < -0.4 is 0 Å². The smallest absolute Gasteiger partial charge is 0.196 e. The number of hydrogen-bond acceptors (Lipinski definition) is 3.